The second kappa shape index (κ2) is 10.6. The molecule has 3 aliphatic carbocycles. The number of halogens is 2. The van der Waals surface area contributed by atoms with Gasteiger partial charge in [0.1, 0.15) is 0 Å². The van der Waals surface area contributed by atoms with Gasteiger partial charge in [-0.05, 0) is 0 Å². The average Bonchev–Trinajstić information content (AvgIpc) is 3.49. The number of benzene rings is 2. The Morgan fingerprint density at radius 2 is 1.50 bits per heavy atom. The minimum atomic E-state index is -1.62. The summed E-state index contributed by atoms with van der Waals surface area (Å²) in [5, 5.41) is 0. The Hall–Kier alpha value is -0.916. The van der Waals surface area contributed by atoms with E-state index in [-0.39, 0.29) is 24.8 Å². The molecule has 0 heterocycles. The third-order valence-corrected chi connectivity index (χ3v) is 12.3. The summed E-state index contributed by atoms with van der Waals surface area (Å²) in [6.45, 7) is 9.36. The molecule has 0 amide bonds. The molecule has 0 unspecified atom stereocenters. The van der Waals surface area contributed by atoms with Gasteiger partial charge in [-0.2, -0.15) is 0 Å². The molecule has 3 aliphatic rings. The molecule has 0 radical (unpaired) electrons. The molecule has 0 saturated heterocycles. The van der Waals surface area contributed by atoms with Gasteiger partial charge in [-0.25, -0.2) is 0 Å². The summed E-state index contributed by atoms with van der Waals surface area (Å²) >= 11 is -1.62. The van der Waals surface area contributed by atoms with Crippen LogP contribution < -0.4 is 28.7 Å². The van der Waals surface area contributed by atoms with Crippen molar-refractivity contribution in [2.45, 2.75) is 78.1 Å². The van der Waals surface area contributed by atoms with E-state index < -0.39 is 17.4 Å². The zero-order valence-corrected chi connectivity index (χ0v) is 22.8. The van der Waals surface area contributed by atoms with Crippen LogP contribution >= 0.6 is 0 Å². The first-order valence-corrected chi connectivity index (χ1v) is 14.3. The number of allylic oxidation sites excluding steroid dienone is 4. The van der Waals surface area contributed by atoms with Crippen LogP contribution in [-0.4, -0.2) is 3.81 Å². The summed E-state index contributed by atoms with van der Waals surface area (Å²) in [4.78, 5) is 0. The summed E-state index contributed by atoms with van der Waals surface area (Å²) in [6, 6.07) is 12.5. The molecular weight excluding hydrogens is 467 g/mol. The predicted molar refractivity (Wildman–Crippen MR) is 128 cm³/mol. The topological polar surface area (TPSA) is 0 Å². The number of hydrogen-bond acceptors (Lipinski definition) is 0. The summed E-state index contributed by atoms with van der Waals surface area (Å²) in [5.41, 5.74) is 9.32. The van der Waals surface area contributed by atoms with Gasteiger partial charge in [0, 0.05) is 0 Å². The van der Waals surface area contributed by atoms with E-state index in [1.54, 1.807) is 30.0 Å². The standard InChI is InChI=1S/C19H21.C5H8.C5H5.2ClH.Ti/c1-12(2)14-5-7-16-9-17-8-6-15(13(3)4)11-19(17)18(16)10-14;2*1-2-4-5-3-1;;;/h5-7,10-13H,9H2,1-4H3;1-4H2;1-3H,4H2;2*1H;/q;;;;;+2/p-2. The molecule has 2 aromatic carbocycles. The van der Waals surface area contributed by atoms with Gasteiger partial charge in [-0.3, -0.25) is 0 Å². The van der Waals surface area contributed by atoms with Crippen molar-refractivity contribution in [3.63, 3.8) is 0 Å². The van der Waals surface area contributed by atoms with Crippen LogP contribution in [0.1, 0.15) is 93.9 Å². The first-order valence-electron chi connectivity index (χ1n) is 11.9. The number of hydrogen-bond donors (Lipinski definition) is 0. The van der Waals surface area contributed by atoms with Crippen molar-refractivity contribution in [2.24, 2.45) is 0 Å². The summed E-state index contributed by atoms with van der Waals surface area (Å²) in [5.74, 6) is 1.16. The van der Waals surface area contributed by atoms with Gasteiger partial charge in [-0.15, -0.1) is 0 Å². The van der Waals surface area contributed by atoms with Crippen LogP contribution in [0.2, 0.25) is 0 Å². The molecular formula is C29H34Cl2Ti. The smallest absolute Gasteiger partial charge is 1.00 e. The van der Waals surface area contributed by atoms with Gasteiger partial charge >= 0.3 is 189 Å². The van der Waals surface area contributed by atoms with Crippen molar-refractivity contribution < 1.29 is 42.2 Å². The van der Waals surface area contributed by atoms with E-state index in [1.165, 1.54) is 43.2 Å². The van der Waals surface area contributed by atoms with Crippen LogP contribution in [0.5, 0.6) is 0 Å². The molecule has 0 aromatic heterocycles. The SMILES string of the molecule is CC(C)c1ccc2c(c1)-c1cc(C(C)C)c[c]([Ti+2]([C]3=CC=CC3)=[C]3CCCC3)c1C2.[Cl-].[Cl-]. The molecule has 168 valence electrons. The Labute approximate surface area is 212 Å². The molecule has 0 spiro atoms. The molecule has 3 heteroatoms. The van der Waals surface area contributed by atoms with Crippen molar-refractivity contribution in [3.8, 4) is 11.1 Å². The Morgan fingerprint density at radius 3 is 2.12 bits per heavy atom. The maximum absolute atomic E-state index is 2.65. The maximum atomic E-state index is 2.65. The second-order valence-electron chi connectivity index (χ2n) is 10.0. The van der Waals surface area contributed by atoms with E-state index in [4.69, 9.17) is 0 Å². The van der Waals surface area contributed by atoms with Gasteiger partial charge in [0.05, 0.1) is 0 Å². The van der Waals surface area contributed by atoms with Crippen LogP contribution in [0, 0.1) is 0 Å². The monoisotopic (exact) mass is 500 g/mol. The molecule has 2 aromatic rings. The Morgan fingerprint density at radius 1 is 0.812 bits per heavy atom. The van der Waals surface area contributed by atoms with E-state index in [9.17, 15) is 0 Å². The van der Waals surface area contributed by atoms with Gasteiger partial charge in [0.15, 0.2) is 0 Å². The molecule has 0 aliphatic heterocycles. The van der Waals surface area contributed by atoms with Gasteiger partial charge in [-0.1, -0.05) is 0 Å². The van der Waals surface area contributed by atoms with Gasteiger partial charge in [0.25, 0.3) is 0 Å². The van der Waals surface area contributed by atoms with Crippen molar-refractivity contribution in [3.05, 3.63) is 74.7 Å². The summed E-state index contributed by atoms with van der Waals surface area (Å²) < 4.78 is 5.52. The Balaban J connectivity index is 0.00000144. The minimum absolute atomic E-state index is 0. The molecule has 1 fully saturated rings. The van der Waals surface area contributed by atoms with Crippen molar-refractivity contribution in [1.29, 1.82) is 0 Å². The second-order valence-corrected chi connectivity index (χ2v) is 14.1. The quantitative estimate of drug-likeness (QED) is 0.474. The molecule has 0 atom stereocenters. The van der Waals surface area contributed by atoms with Gasteiger partial charge < -0.3 is 24.8 Å². The zero-order chi connectivity index (χ0) is 20.8. The molecule has 1 saturated carbocycles. The molecule has 0 N–H and O–H groups in total. The van der Waals surface area contributed by atoms with Gasteiger partial charge in [0.2, 0.25) is 0 Å². The normalized spacial score (nSPS) is 15.8. The zero-order valence-electron chi connectivity index (χ0n) is 19.8. The molecule has 0 bridgehead atoms. The fourth-order valence-electron chi connectivity index (χ4n) is 5.50. The maximum Gasteiger partial charge on any atom is -1.00 e. The first kappa shape index (κ1) is 25.7. The Bertz CT molecular complexity index is 1090. The number of rotatable bonds is 4. The summed E-state index contributed by atoms with van der Waals surface area (Å²) in [6.07, 6.45) is 15.1. The summed E-state index contributed by atoms with van der Waals surface area (Å²) in [7, 11) is 0. The fraction of sp³-hybridized carbons (Fsp3) is 0.414. The Kier molecular flexibility index (Phi) is 8.48. The minimum Gasteiger partial charge on any atom is -1.00 e. The molecule has 0 nitrogen and oxygen atoms in total. The van der Waals surface area contributed by atoms with E-state index in [0.29, 0.717) is 11.8 Å². The molecule has 5 rings (SSSR count). The van der Waals surface area contributed by atoms with Crippen molar-refractivity contribution >= 4 is 7.68 Å². The fourth-order valence-corrected chi connectivity index (χ4v) is 10.9. The van der Waals surface area contributed by atoms with Crippen molar-refractivity contribution in [2.75, 3.05) is 0 Å². The molecule has 32 heavy (non-hydrogen) atoms. The van der Waals surface area contributed by atoms with E-state index in [1.807, 2.05) is 3.81 Å². The van der Waals surface area contributed by atoms with E-state index >= 15 is 0 Å². The van der Waals surface area contributed by atoms with Crippen LogP contribution in [0.15, 0.2) is 52.4 Å². The van der Waals surface area contributed by atoms with Crippen LogP contribution in [-0.2, 0) is 23.8 Å². The van der Waals surface area contributed by atoms with E-state index in [2.05, 4.69) is 76.3 Å². The first-order chi connectivity index (χ1) is 14.5. The third kappa shape index (κ3) is 4.67. The van der Waals surface area contributed by atoms with Crippen molar-refractivity contribution in [1.82, 2.24) is 0 Å². The predicted octanol–water partition coefficient (Wildman–Crippen LogP) is 1.35. The third-order valence-electron chi connectivity index (χ3n) is 7.32. The number of fused-ring (bicyclic) bond motifs is 3. The van der Waals surface area contributed by atoms with Crippen LogP contribution in [0.25, 0.3) is 11.1 Å². The largest absolute Gasteiger partial charge is 1.00 e. The van der Waals surface area contributed by atoms with Crippen LogP contribution in [0.3, 0.4) is 0 Å². The van der Waals surface area contributed by atoms with Crippen LogP contribution in [0.4, 0.5) is 0 Å². The van der Waals surface area contributed by atoms with E-state index in [0.717, 1.165) is 6.42 Å². The average molecular weight is 501 g/mol.